The van der Waals surface area contributed by atoms with Gasteiger partial charge in [0.1, 0.15) is 18.1 Å². The Labute approximate surface area is 204 Å². The maximum Gasteiger partial charge on any atom is 0.326 e. The van der Waals surface area contributed by atoms with E-state index in [4.69, 9.17) is 5.73 Å². The molecule has 192 valence electrons. The van der Waals surface area contributed by atoms with Gasteiger partial charge in [-0.2, -0.15) is 0 Å². The van der Waals surface area contributed by atoms with Gasteiger partial charge in [-0.15, -0.1) is 0 Å². The van der Waals surface area contributed by atoms with E-state index in [-0.39, 0.29) is 18.2 Å². The molecule has 1 heterocycles. The normalized spacial score (nSPS) is 18.7. The van der Waals surface area contributed by atoms with Crippen molar-refractivity contribution in [3.8, 4) is 0 Å². The van der Waals surface area contributed by atoms with Gasteiger partial charge in [-0.3, -0.25) is 19.2 Å². The molecule has 0 spiro atoms. The number of amides is 3. The van der Waals surface area contributed by atoms with Crippen molar-refractivity contribution in [1.29, 1.82) is 0 Å². The van der Waals surface area contributed by atoms with Crippen molar-refractivity contribution in [1.82, 2.24) is 15.5 Å². The molecular formula is C24H34N4O7. The summed E-state index contributed by atoms with van der Waals surface area (Å²) < 4.78 is 0. The molecule has 0 aromatic heterocycles. The van der Waals surface area contributed by atoms with E-state index in [1.54, 1.807) is 30.3 Å². The lowest BCUT2D eigenvalue weighted by atomic mass is 9.98. The minimum atomic E-state index is -1.52. The molecule has 5 unspecified atom stereocenters. The summed E-state index contributed by atoms with van der Waals surface area (Å²) in [6.07, 6.45) is 0.825. The second-order valence-corrected chi connectivity index (χ2v) is 8.85. The van der Waals surface area contributed by atoms with E-state index in [0.717, 1.165) is 0 Å². The van der Waals surface area contributed by atoms with Crippen LogP contribution in [0.5, 0.6) is 0 Å². The van der Waals surface area contributed by atoms with Crippen LogP contribution in [-0.4, -0.2) is 75.5 Å². The molecule has 11 nitrogen and oxygen atoms in total. The van der Waals surface area contributed by atoms with Gasteiger partial charge in [-0.25, -0.2) is 4.79 Å². The van der Waals surface area contributed by atoms with Gasteiger partial charge in [0.2, 0.25) is 17.7 Å². The molecule has 0 saturated carbocycles. The van der Waals surface area contributed by atoms with Crippen molar-refractivity contribution in [3.63, 3.8) is 0 Å². The number of likely N-dealkylation sites (tertiary alicyclic amines) is 1. The number of carboxylic acids is 2. The van der Waals surface area contributed by atoms with Gasteiger partial charge < -0.3 is 31.5 Å². The van der Waals surface area contributed by atoms with Gasteiger partial charge in [0.05, 0.1) is 12.5 Å². The quantitative estimate of drug-likeness (QED) is 0.274. The fourth-order valence-corrected chi connectivity index (χ4v) is 3.97. The van der Waals surface area contributed by atoms with E-state index in [1.165, 1.54) is 4.90 Å². The molecule has 1 fully saturated rings. The molecule has 1 aliphatic rings. The van der Waals surface area contributed by atoms with Gasteiger partial charge in [-0.1, -0.05) is 50.6 Å². The number of hydrogen-bond acceptors (Lipinski definition) is 6. The monoisotopic (exact) mass is 490 g/mol. The Kier molecular flexibility index (Phi) is 10.2. The lowest BCUT2D eigenvalue weighted by Gasteiger charge is -2.30. The Hall–Kier alpha value is -3.47. The zero-order valence-electron chi connectivity index (χ0n) is 20.0. The van der Waals surface area contributed by atoms with Crippen molar-refractivity contribution in [2.45, 2.75) is 70.1 Å². The zero-order chi connectivity index (χ0) is 26.1. The highest BCUT2D eigenvalue weighted by atomic mass is 16.4. The van der Waals surface area contributed by atoms with Gasteiger partial charge in [0, 0.05) is 13.0 Å². The Balaban J connectivity index is 2.12. The first-order valence-electron chi connectivity index (χ1n) is 11.7. The number of carbonyl (C=O) groups is 5. The molecule has 6 N–H and O–H groups in total. The van der Waals surface area contributed by atoms with Crippen molar-refractivity contribution in [2.75, 3.05) is 6.54 Å². The molecule has 0 bridgehead atoms. The molecule has 3 amide bonds. The third kappa shape index (κ3) is 7.78. The fraction of sp³-hybridized carbons (Fsp3) is 0.542. The first-order chi connectivity index (χ1) is 16.5. The highest BCUT2D eigenvalue weighted by molar-refractivity contribution is 5.96. The summed E-state index contributed by atoms with van der Waals surface area (Å²) in [4.78, 5) is 63.1. The average molecular weight is 491 g/mol. The van der Waals surface area contributed by atoms with Crippen molar-refractivity contribution in [3.05, 3.63) is 35.9 Å². The van der Waals surface area contributed by atoms with Crippen molar-refractivity contribution >= 4 is 29.7 Å². The molecular weight excluding hydrogens is 456 g/mol. The highest BCUT2D eigenvalue weighted by Gasteiger charge is 2.39. The molecule has 1 saturated heterocycles. The van der Waals surface area contributed by atoms with Crippen LogP contribution in [0.3, 0.4) is 0 Å². The minimum Gasteiger partial charge on any atom is -0.481 e. The largest absolute Gasteiger partial charge is 0.481 e. The Morgan fingerprint density at radius 2 is 1.74 bits per heavy atom. The standard InChI is InChI=1S/C24H34N4O7/c1-3-14(2)20(25)23(33)28-11-7-10-18(28)22(32)26-16(13-19(29)30)21(31)27-17(24(34)35)12-15-8-5-4-6-9-15/h4-6,8-9,14,16-18,20H,3,7,10-13,25H2,1-2H3,(H,26,32)(H,27,31)(H,29,30)(H,34,35). The number of rotatable bonds is 12. The fourth-order valence-electron chi connectivity index (χ4n) is 3.97. The van der Waals surface area contributed by atoms with Crippen LogP contribution in [0.4, 0.5) is 0 Å². The van der Waals surface area contributed by atoms with E-state index in [9.17, 15) is 34.2 Å². The minimum absolute atomic E-state index is 0.0198. The Bertz CT molecular complexity index is 924. The third-order valence-corrected chi connectivity index (χ3v) is 6.29. The summed E-state index contributed by atoms with van der Waals surface area (Å²) in [7, 11) is 0. The van der Waals surface area contributed by atoms with E-state index in [1.807, 2.05) is 13.8 Å². The van der Waals surface area contributed by atoms with Crippen LogP contribution in [-0.2, 0) is 30.4 Å². The van der Waals surface area contributed by atoms with Gasteiger partial charge in [-0.05, 0) is 24.3 Å². The van der Waals surface area contributed by atoms with Crippen LogP contribution in [0.15, 0.2) is 30.3 Å². The summed E-state index contributed by atoms with van der Waals surface area (Å²) in [5.74, 6) is -4.72. The SMILES string of the molecule is CCC(C)C(N)C(=O)N1CCCC1C(=O)NC(CC(=O)O)C(=O)NC(Cc1ccccc1)C(=O)O. The van der Waals surface area contributed by atoms with E-state index < -0.39 is 54.3 Å². The van der Waals surface area contributed by atoms with Crippen molar-refractivity contribution < 1.29 is 34.2 Å². The Morgan fingerprint density at radius 1 is 1.09 bits per heavy atom. The molecule has 0 aliphatic carbocycles. The highest BCUT2D eigenvalue weighted by Crippen LogP contribution is 2.21. The zero-order valence-corrected chi connectivity index (χ0v) is 20.0. The first kappa shape index (κ1) is 27.8. The number of carbonyl (C=O) groups excluding carboxylic acids is 3. The number of nitrogens with one attached hydrogen (secondary N) is 2. The van der Waals surface area contributed by atoms with Gasteiger partial charge in [0.15, 0.2) is 0 Å². The van der Waals surface area contributed by atoms with Gasteiger partial charge >= 0.3 is 11.9 Å². The number of carboxylic acid groups (broad SMARTS) is 2. The summed E-state index contributed by atoms with van der Waals surface area (Å²) in [5, 5.41) is 23.5. The maximum absolute atomic E-state index is 13.0. The van der Waals surface area contributed by atoms with Crippen LogP contribution in [0.25, 0.3) is 0 Å². The summed E-state index contributed by atoms with van der Waals surface area (Å²) in [5.41, 5.74) is 6.72. The molecule has 1 aromatic carbocycles. The smallest absolute Gasteiger partial charge is 0.326 e. The Morgan fingerprint density at radius 3 is 2.31 bits per heavy atom. The third-order valence-electron chi connectivity index (χ3n) is 6.29. The second-order valence-electron chi connectivity index (χ2n) is 8.85. The van der Waals surface area contributed by atoms with E-state index >= 15 is 0 Å². The van der Waals surface area contributed by atoms with Crippen molar-refractivity contribution in [2.24, 2.45) is 11.7 Å². The van der Waals surface area contributed by atoms with Crippen LogP contribution in [0.1, 0.15) is 45.1 Å². The predicted octanol–water partition coefficient (Wildman–Crippen LogP) is 0.122. The lowest BCUT2D eigenvalue weighted by molar-refractivity contribution is -0.145. The maximum atomic E-state index is 13.0. The molecule has 35 heavy (non-hydrogen) atoms. The molecule has 0 radical (unpaired) electrons. The number of nitrogens with two attached hydrogens (primary N) is 1. The average Bonchev–Trinajstić information content (AvgIpc) is 3.32. The predicted molar refractivity (Wildman–Crippen MR) is 126 cm³/mol. The molecule has 1 aliphatic heterocycles. The van der Waals surface area contributed by atoms with Crippen LogP contribution >= 0.6 is 0 Å². The molecule has 11 heteroatoms. The van der Waals surface area contributed by atoms with E-state index in [0.29, 0.717) is 31.4 Å². The van der Waals surface area contributed by atoms with E-state index in [2.05, 4.69) is 10.6 Å². The first-order valence-corrected chi connectivity index (χ1v) is 11.7. The lowest BCUT2D eigenvalue weighted by Crippen LogP contribution is -2.57. The molecule has 5 atom stereocenters. The second kappa shape index (κ2) is 12.8. The number of nitrogens with zero attached hydrogens (tertiary/aromatic N) is 1. The molecule has 2 rings (SSSR count). The van der Waals surface area contributed by atoms with Crippen LogP contribution in [0.2, 0.25) is 0 Å². The summed E-state index contributed by atoms with van der Waals surface area (Å²) >= 11 is 0. The van der Waals surface area contributed by atoms with Crippen LogP contribution in [0, 0.1) is 5.92 Å². The number of hydrogen-bond donors (Lipinski definition) is 5. The van der Waals surface area contributed by atoms with Crippen LogP contribution < -0.4 is 16.4 Å². The summed E-state index contributed by atoms with van der Waals surface area (Å²) in [6, 6.07) is 4.12. The topological polar surface area (TPSA) is 179 Å². The number of aliphatic carboxylic acids is 2. The molecule has 1 aromatic rings. The number of benzene rings is 1. The van der Waals surface area contributed by atoms with Gasteiger partial charge in [0.25, 0.3) is 0 Å². The summed E-state index contributed by atoms with van der Waals surface area (Å²) in [6.45, 7) is 4.08.